The Kier molecular flexibility index (Phi) is 3.36. The van der Waals surface area contributed by atoms with Crippen molar-refractivity contribution in [2.24, 2.45) is 0 Å². The number of ether oxygens (including phenoxy) is 2. The lowest BCUT2D eigenvalue weighted by Gasteiger charge is -2.25. The molecule has 0 saturated carbocycles. The van der Waals surface area contributed by atoms with E-state index in [1.807, 2.05) is 0 Å². The molecule has 5 heteroatoms. The van der Waals surface area contributed by atoms with Crippen molar-refractivity contribution in [2.75, 3.05) is 20.3 Å². The molecule has 2 rings (SSSR count). The van der Waals surface area contributed by atoms with Gasteiger partial charge in [0.1, 0.15) is 11.3 Å². The summed E-state index contributed by atoms with van der Waals surface area (Å²) in [5.74, 6) is 0.395. The van der Waals surface area contributed by atoms with E-state index in [1.165, 1.54) is 7.11 Å². The molecule has 0 bridgehead atoms. The van der Waals surface area contributed by atoms with Gasteiger partial charge in [-0.05, 0) is 12.8 Å². The van der Waals surface area contributed by atoms with E-state index >= 15 is 0 Å². The predicted molar refractivity (Wildman–Crippen MR) is 57.2 cm³/mol. The number of nitrogens with zero attached hydrogens (tertiary/aromatic N) is 2. The van der Waals surface area contributed by atoms with Crippen LogP contribution in [0.4, 0.5) is 0 Å². The summed E-state index contributed by atoms with van der Waals surface area (Å²) in [4.78, 5) is 8.26. The molecule has 5 nitrogen and oxygen atoms in total. The summed E-state index contributed by atoms with van der Waals surface area (Å²) in [6.45, 7) is 1.22. The fourth-order valence-corrected chi connectivity index (χ4v) is 1.97. The summed E-state index contributed by atoms with van der Waals surface area (Å²) in [6.07, 6.45) is 5.10. The van der Waals surface area contributed by atoms with Crippen molar-refractivity contribution in [3.05, 3.63) is 18.1 Å². The van der Waals surface area contributed by atoms with E-state index in [1.54, 1.807) is 12.4 Å². The fourth-order valence-electron chi connectivity index (χ4n) is 1.97. The van der Waals surface area contributed by atoms with Crippen molar-refractivity contribution in [1.82, 2.24) is 9.97 Å². The zero-order chi connectivity index (χ0) is 11.4. The standard InChI is InChI=1S/C11H16N2O3/c1-15-10-9(12-5-6-13-10)11(14)3-2-7-16-8-4-11/h5-6,14H,2-4,7-8H2,1H3. The van der Waals surface area contributed by atoms with Crippen molar-refractivity contribution in [2.45, 2.75) is 24.9 Å². The molecule has 1 aliphatic heterocycles. The predicted octanol–water partition coefficient (Wildman–Crippen LogP) is 0.873. The summed E-state index contributed by atoms with van der Waals surface area (Å²) in [6, 6.07) is 0. The Morgan fingerprint density at radius 1 is 1.31 bits per heavy atom. The largest absolute Gasteiger partial charge is 0.480 e. The first-order valence-corrected chi connectivity index (χ1v) is 5.42. The van der Waals surface area contributed by atoms with Crippen LogP contribution >= 0.6 is 0 Å². The Balaban J connectivity index is 2.32. The van der Waals surface area contributed by atoms with Crippen LogP contribution in [0.1, 0.15) is 25.0 Å². The highest BCUT2D eigenvalue weighted by Crippen LogP contribution is 2.34. The van der Waals surface area contributed by atoms with Gasteiger partial charge in [0, 0.05) is 32.0 Å². The molecule has 1 aliphatic rings. The van der Waals surface area contributed by atoms with Crippen LogP contribution in [0, 0.1) is 0 Å². The Labute approximate surface area is 94.4 Å². The van der Waals surface area contributed by atoms with Gasteiger partial charge < -0.3 is 14.6 Å². The molecular weight excluding hydrogens is 208 g/mol. The van der Waals surface area contributed by atoms with E-state index in [4.69, 9.17) is 9.47 Å². The molecular formula is C11H16N2O3. The van der Waals surface area contributed by atoms with E-state index < -0.39 is 5.60 Å². The molecule has 1 unspecified atom stereocenters. The molecule has 0 radical (unpaired) electrons. The second kappa shape index (κ2) is 4.76. The van der Waals surface area contributed by atoms with E-state index in [0.717, 1.165) is 6.42 Å². The lowest BCUT2D eigenvalue weighted by Crippen LogP contribution is -2.28. The summed E-state index contributed by atoms with van der Waals surface area (Å²) in [5.41, 5.74) is -0.459. The van der Waals surface area contributed by atoms with Gasteiger partial charge in [-0.2, -0.15) is 0 Å². The van der Waals surface area contributed by atoms with Gasteiger partial charge in [0.05, 0.1) is 7.11 Å². The number of rotatable bonds is 2. The van der Waals surface area contributed by atoms with Crippen LogP contribution in [0.25, 0.3) is 0 Å². The molecule has 88 valence electrons. The summed E-state index contributed by atoms with van der Waals surface area (Å²) in [7, 11) is 1.53. The van der Waals surface area contributed by atoms with Crippen LogP contribution in [0.2, 0.25) is 0 Å². The van der Waals surface area contributed by atoms with Gasteiger partial charge in [0.25, 0.3) is 0 Å². The van der Waals surface area contributed by atoms with Crippen molar-refractivity contribution in [3.63, 3.8) is 0 Å². The van der Waals surface area contributed by atoms with Crippen LogP contribution in [-0.4, -0.2) is 35.4 Å². The van der Waals surface area contributed by atoms with Gasteiger partial charge in [0.15, 0.2) is 0 Å². The average molecular weight is 224 g/mol. The molecule has 2 heterocycles. The molecule has 1 fully saturated rings. The van der Waals surface area contributed by atoms with Gasteiger partial charge >= 0.3 is 0 Å². The minimum Gasteiger partial charge on any atom is -0.480 e. The lowest BCUT2D eigenvalue weighted by molar-refractivity contribution is 0.00765. The van der Waals surface area contributed by atoms with Crippen LogP contribution in [0.3, 0.4) is 0 Å². The quantitative estimate of drug-likeness (QED) is 0.807. The zero-order valence-electron chi connectivity index (χ0n) is 9.35. The summed E-state index contributed by atoms with van der Waals surface area (Å²) >= 11 is 0. The minimum atomic E-state index is -0.976. The van der Waals surface area contributed by atoms with Crippen molar-refractivity contribution >= 4 is 0 Å². The van der Waals surface area contributed by atoms with Crippen molar-refractivity contribution in [3.8, 4) is 5.88 Å². The van der Waals surface area contributed by atoms with Crippen molar-refractivity contribution < 1.29 is 14.6 Å². The molecule has 0 spiro atoms. The van der Waals surface area contributed by atoms with E-state index in [-0.39, 0.29) is 0 Å². The highest BCUT2D eigenvalue weighted by atomic mass is 16.5. The van der Waals surface area contributed by atoms with Crippen LogP contribution in [-0.2, 0) is 10.3 Å². The Bertz CT molecular complexity index is 349. The molecule has 16 heavy (non-hydrogen) atoms. The number of hydrogen-bond acceptors (Lipinski definition) is 5. The molecule has 1 N–H and O–H groups in total. The number of methoxy groups -OCH3 is 1. The first-order chi connectivity index (χ1) is 7.76. The smallest absolute Gasteiger partial charge is 0.238 e. The van der Waals surface area contributed by atoms with Crippen LogP contribution in [0.5, 0.6) is 5.88 Å². The normalized spacial score (nSPS) is 26.1. The molecule has 1 saturated heterocycles. The molecule has 0 aliphatic carbocycles. The minimum absolute atomic E-state index is 0.395. The maximum absolute atomic E-state index is 10.6. The van der Waals surface area contributed by atoms with E-state index in [0.29, 0.717) is 37.6 Å². The first-order valence-electron chi connectivity index (χ1n) is 5.42. The fraction of sp³-hybridized carbons (Fsp3) is 0.636. The maximum atomic E-state index is 10.6. The van der Waals surface area contributed by atoms with Gasteiger partial charge in [-0.25, -0.2) is 4.98 Å². The van der Waals surface area contributed by atoms with Crippen molar-refractivity contribution in [1.29, 1.82) is 0 Å². The summed E-state index contributed by atoms with van der Waals surface area (Å²) in [5, 5.41) is 10.6. The number of aliphatic hydroxyl groups is 1. The monoisotopic (exact) mass is 224 g/mol. The highest BCUT2D eigenvalue weighted by molar-refractivity contribution is 5.24. The second-order valence-corrected chi connectivity index (χ2v) is 3.91. The first kappa shape index (κ1) is 11.3. The van der Waals surface area contributed by atoms with E-state index in [9.17, 15) is 5.11 Å². The third-order valence-electron chi connectivity index (χ3n) is 2.84. The molecule has 1 atom stereocenters. The Hall–Kier alpha value is -1.20. The maximum Gasteiger partial charge on any atom is 0.238 e. The van der Waals surface area contributed by atoms with Gasteiger partial charge in [-0.3, -0.25) is 4.98 Å². The number of aromatic nitrogens is 2. The molecule has 0 aromatic carbocycles. The molecule has 0 amide bonds. The van der Waals surface area contributed by atoms with E-state index in [2.05, 4.69) is 9.97 Å². The zero-order valence-corrected chi connectivity index (χ0v) is 9.35. The Morgan fingerprint density at radius 3 is 2.94 bits per heavy atom. The highest BCUT2D eigenvalue weighted by Gasteiger charge is 2.35. The average Bonchev–Trinajstić information content (AvgIpc) is 2.55. The lowest BCUT2D eigenvalue weighted by atomic mass is 9.91. The molecule has 1 aromatic rings. The Morgan fingerprint density at radius 2 is 2.12 bits per heavy atom. The third-order valence-corrected chi connectivity index (χ3v) is 2.84. The SMILES string of the molecule is COc1nccnc1C1(O)CCCOCC1. The van der Waals surface area contributed by atoms with Gasteiger partial charge in [0.2, 0.25) is 5.88 Å². The second-order valence-electron chi connectivity index (χ2n) is 3.91. The van der Waals surface area contributed by atoms with Gasteiger partial charge in [-0.15, -0.1) is 0 Å². The van der Waals surface area contributed by atoms with Crippen LogP contribution in [0.15, 0.2) is 12.4 Å². The summed E-state index contributed by atoms with van der Waals surface area (Å²) < 4.78 is 10.5. The number of hydrogen-bond donors (Lipinski definition) is 1. The topological polar surface area (TPSA) is 64.5 Å². The van der Waals surface area contributed by atoms with Crippen LogP contribution < -0.4 is 4.74 Å². The third kappa shape index (κ3) is 2.15. The van der Waals surface area contributed by atoms with Gasteiger partial charge in [-0.1, -0.05) is 0 Å². The molecule has 1 aromatic heterocycles.